The molecule has 0 atom stereocenters. The van der Waals surface area contributed by atoms with Crippen molar-refractivity contribution in [3.63, 3.8) is 0 Å². The van der Waals surface area contributed by atoms with Crippen LogP contribution >= 0.6 is 11.6 Å². The van der Waals surface area contributed by atoms with Crippen LogP contribution in [0, 0.1) is 5.92 Å². The summed E-state index contributed by atoms with van der Waals surface area (Å²) < 4.78 is 5.47. The lowest BCUT2D eigenvalue weighted by Gasteiger charge is -2.31. The molecule has 0 radical (unpaired) electrons. The van der Waals surface area contributed by atoms with Crippen LogP contribution in [0.15, 0.2) is 30.9 Å². The molecule has 0 aliphatic carbocycles. The predicted octanol–water partition coefficient (Wildman–Crippen LogP) is 3.11. The van der Waals surface area contributed by atoms with Gasteiger partial charge in [-0.25, -0.2) is 0 Å². The first-order chi connectivity index (χ1) is 9.72. The van der Waals surface area contributed by atoms with Gasteiger partial charge in [0, 0.05) is 13.2 Å². The average Bonchev–Trinajstić information content (AvgIpc) is 2.47. The summed E-state index contributed by atoms with van der Waals surface area (Å²) in [5.41, 5.74) is 1.20. The summed E-state index contributed by atoms with van der Waals surface area (Å²) >= 11 is 6.22. The van der Waals surface area contributed by atoms with Gasteiger partial charge in [-0.1, -0.05) is 30.3 Å². The van der Waals surface area contributed by atoms with E-state index in [-0.39, 0.29) is 0 Å². The number of piperidine rings is 1. The molecular weight excluding hydrogens is 274 g/mol. The second kappa shape index (κ2) is 7.67. The van der Waals surface area contributed by atoms with E-state index < -0.39 is 0 Å². The maximum Gasteiger partial charge on any atom is 0.138 e. The molecule has 0 spiro atoms. The summed E-state index contributed by atoms with van der Waals surface area (Å²) in [6.45, 7) is 7.38. The van der Waals surface area contributed by atoms with Gasteiger partial charge in [0.05, 0.1) is 5.02 Å². The highest BCUT2D eigenvalue weighted by Crippen LogP contribution is 2.27. The topological polar surface area (TPSA) is 32.7 Å². The molecule has 1 aliphatic heterocycles. The quantitative estimate of drug-likeness (QED) is 0.819. The van der Waals surface area contributed by atoms with E-state index in [1.165, 1.54) is 5.56 Å². The highest BCUT2D eigenvalue weighted by atomic mass is 35.5. The Labute approximate surface area is 125 Å². The van der Waals surface area contributed by atoms with Crippen molar-refractivity contribution in [1.82, 2.24) is 4.90 Å². The van der Waals surface area contributed by atoms with Crippen molar-refractivity contribution in [1.29, 1.82) is 0 Å². The molecule has 4 heteroatoms. The van der Waals surface area contributed by atoms with Gasteiger partial charge in [-0.3, -0.25) is 4.90 Å². The summed E-state index contributed by atoms with van der Waals surface area (Å²) in [7, 11) is 0. The zero-order valence-corrected chi connectivity index (χ0v) is 12.5. The molecule has 1 aromatic carbocycles. The highest BCUT2D eigenvalue weighted by molar-refractivity contribution is 6.32. The molecule has 0 saturated carbocycles. The molecule has 0 bridgehead atoms. The Bertz CT molecular complexity index is 442. The van der Waals surface area contributed by atoms with E-state index in [1.807, 2.05) is 12.1 Å². The third kappa shape index (κ3) is 4.23. The molecule has 2 rings (SSSR count). The molecule has 0 aromatic heterocycles. The van der Waals surface area contributed by atoms with Crippen LogP contribution in [-0.4, -0.2) is 36.3 Å². The van der Waals surface area contributed by atoms with E-state index in [0.29, 0.717) is 29.9 Å². The number of likely N-dealkylation sites (tertiary alicyclic amines) is 1. The van der Waals surface area contributed by atoms with E-state index in [0.717, 1.165) is 32.5 Å². The standard InChI is InChI=1S/C16H22ClNO2/c1-2-9-20-16-4-3-14(10-15(16)17)11-18-7-5-13(12-19)6-8-18/h2-4,10,13,19H,1,5-9,11-12H2. The van der Waals surface area contributed by atoms with Gasteiger partial charge >= 0.3 is 0 Å². The van der Waals surface area contributed by atoms with Crippen LogP contribution < -0.4 is 4.74 Å². The Hall–Kier alpha value is -1.03. The molecule has 0 amide bonds. The van der Waals surface area contributed by atoms with Gasteiger partial charge in [0.2, 0.25) is 0 Å². The van der Waals surface area contributed by atoms with Gasteiger partial charge in [0.1, 0.15) is 12.4 Å². The number of rotatable bonds is 6. The summed E-state index contributed by atoms with van der Waals surface area (Å²) in [5.74, 6) is 1.18. The largest absolute Gasteiger partial charge is 0.488 e. The van der Waals surface area contributed by atoms with Crippen LogP contribution in [0.3, 0.4) is 0 Å². The fourth-order valence-electron chi connectivity index (χ4n) is 2.49. The second-order valence-electron chi connectivity index (χ2n) is 5.27. The summed E-state index contributed by atoms with van der Waals surface area (Å²) in [5, 5.41) is 9.80. The SMILES string of the molecule is C=CCOc1ccc(CN2CCC(CO)CC2)cc1Cl. The summed E-state index contributed by atoms with van der Waals surface area (Å²) in [6, 6.07) is 5.95. The molecular formula is C16H22ClNO2. The second-order valence-corrected chi connectivity index (χ2v) is 5.67. The molecule has 3 nitrogen and oxygen atoms in total. The number of nitrogens with zero attached hydrogens (tertiary/aromatic N) is 1. The molecule has 20 heavy (non-hydrogen) atoms. The maximum absolute atomic E-state index is 9.15. The van der Waals surface area contributed by atoms with Crippen LogP contribution in [0.25, 0.3) is 0 Å². The van der Waals surface area contributed by atoms with Crippen molar-refractivity contribution in [3.8, 4) is 5.75 Å². The lowest BCUT2D eigenvalue weighted by Crippen LogP contribution is -2.34. The minimum Gasteiger partial charge on any atom is -0.488 e. The van der Waals surface area contributed by atoms with Gasteiger partial charge in [-0.05, 0) is 49.5 Å². The van der Waals surface area contributed by atoms with Crippen LogP contribution in [0.1, 0.15) is 18.4 Å². The van der Waals surface area contributed by atoms with Crippen LogP contribution in [-0.2, 0) is 6.54 Å². The summed E-state index contributed by atoms with van der Waals surface area (Å²) in [6.07, 6.45) is 3.85. The average molecular weight is 296 g/mol. The predicted molar refractivity (Wildman–Crippen MR) is 82.2 cm³/mol. The lowest BCUT2D eigenvalue weighted by atomic mass is 9.97. The third-order valence-corrected chi connectivity index (χ3v) is 4.02. The van der Waals surface area contributed by atoms with Crippen LogP contribution in [0.2, 0.25) is 5.02 Å². The number of halogens is 1. The summed E-state index contributed by atoms with van der Waals surface area (Å²) in [4.78, 5) is 2.40. The van der Waals surface area contributed by atoms with Crippen molar-refractivity contribution < 1.29 is 9.84 Å². The molecule has 1 saturated heterocycles. The molecule has 0 unspecified atom stereocenters. The molecule has 1 aromatic rings. The van der Waals surface area contributed by atoms with E-state index in [1.54, 1.807) is 6.08 Å². The fourth-order valence-corrected chi connectivity index (χ4v) is 2.75. The number of aliphatic hydroxyl groups excluding tert-OH is 1. The molecule has 110 valence electrons. The molecule has 1 aliphatic rings. The van der Waals surface area contributed by atoms with Gasteiger partial charge in [-0.15, -0.1) is 0 Å². The zero-order valence-electron chi connectivity index (χ0n) is 11.7. The lowest BCUT2D eigenvalue weighted by molar-refractivity contribution is 0.127. The molecule has 1 heterocycles. The van der Waals surface area contributed by atoms with Crippen molar-refractivity contribution >= 4 is 11.6 Å². The van der Waals surface area contributed by atoms with Gasteiger partial charge in [0.15, 0.2) is 0 Å². The maximum atomic E-state index is 9.15. The number of hydrogen-bond acceptors (Lipinski definition) is 3. The van der Waals surface area contributed by atoms with E-state index >= 15 is 0 Å². The minimum atomic E-state index is 0.314. The smallest absolute Gasteiger partial charge is 0.138 e. The van der Waals surface area contributed by atoms with E-state index in [4.69, 9.17) is 21.4 Å². The number of benzene rings is 1. The first-order valence-electron chi connectivity index (χ1n) is 7.08. The van der Waals surface area contributed by atoms with E-state index in [9.17, 15) is 0 Å². The minimum absolute atomic E-state index is 0.314. The third-order valence-electron chi connectivity index (χ3n) is 3.72. The first-order valence-corrected chi connectivity index (χ1v) is 7.46. The molecule has 1 fully saturated rings. The highest BCUT2D eigenvalue weighted by Gasteiger charge is 2.18. The van der Waals surface area contributed by atoms with Crippen molar-refractivity contribution in [2.45, 2.75) is 19.4 Å². The van der Waals surface area contributed by atoms with Gasteiger partial charge in [0.25, 0.3) is 0 Å². The number of aliphatic hydroxyl groups is 1. The normalized spacial score (nSPS) is 17.1. The zero-order chi connectivity index (χ0) is 14.4. The van der Waals surface area contributed by atoms with Crippen LogP contribution in [0.4, 0.5) is 0 Å². The first kappa shape index (κ1) is 15.4. The van der Waals surface area contributed by atoms with Gasteiger partial charge < -0.3 is 9.84 Å². The van der Waals surface area contributed by atoms with Crippen molar-refractivity contribution in [3.05, 3.63) is 41.4 Å². The van der Waals surface area contributed by atoms with Crippen molar-refractivity contribution in [2.75, 3.05) is 26.3 Å². The Morgan fingerprint density at radius 1 is 1.40 bits per heavy atom. The Balaban J connectivity index is 1.90. The Kier molecular flexibility index (Phi) is 5.89. The Morgan fingerprint density at radius 2 is 2.15 bits per heavy atom. The van der Waals surface area contributed by atoms with Crippen LogP contribution in [0.5, 0.6) is 5.75 Å². The molecule has 1 N–H and O–H groups in total. The van der Waals surface area contributed by atoms with Crippen molar-refractivity contribution in [2.24, 2.45) is 5.92 Å². The monoisotopic (exact) mass is 295 g/mol. The number of ether oxygens (including phenoxy) is 1. The van der Waals surface area contributed by atoms with E-state index in [2.05, 4.69) is 17.5 Å². The fraction of sp³-hybridized carbons (Fsp3) is 0.500. The Morgan fingerprint density at radius 3 is 2.75 bits per heavy atom. The van der Waals surface area contributed by atoms with Gasteiger partial charge in [-0.2, -0.15) is 0 Å². The number of hydrogen-bond donors (Lipinski definition) is 1.